The first-order valence-corrected chi connectivity index (χ1v) is 13.8. The fourth-order valence-electron chi connectivity index (χ4n) is 3.87. The minimum absolute atomic E-state index is 0.0717. The molecule has 0 unspecified atom stereocenters. The third-order valence-electron chi connectivity index (χ3n) is 5.71. The van der Waals surface area contributed by atoms with Gasteiger partial charge in [0.05, 0.1) is 4.92 Å². The number of benzene rings is 5. The molecule has 2 N–H and O–H groups in total. The third kappa shape index (κ3) is 7.06. The molecule has 0 saturated carbocycles. The molecular formula is C31H26N3O4P. The van der Waals surface area contributed by atoms with Crippen molar-refractivity contribution in [3.05, 3.63) is 156 Å². The van der Waals surface area contributed by atoms with Gasteiger partial charge in [0.2, 0.25) is 0 Å². The molecule has 0 radical (unpaired) electrons. The van der Waals surface area contributed by atoms with Gasteiger partial charge in [-0.2, -0.15) is 0 Å². The van der Waals surface area contributed by atoms with E-state index in [-0.39, 0.29) is 5.69 Å². The summed E-state index contributed by atoms with van der Waals surface area (Å²) in [7, 11) is -2.78. The Morgan fingerprint density at radius 3 is 1.38 bits per heavy atom. The lowest BCUT2D eigenvalue weighted by atomic mass is 10.3. The highest BCUT2D eigenvalue weighted by atomic mass is 31.2. The zero-order chi connectivity index (χ0) is 27.5. The molecule has 0 heterocycles. The number of non-ortho nitro benzene ring substituents is 1. The maximum absolute atomic E-state index is 13.8. The SMILES string of the molecule is O=C(Nc1ccccc1)Nc1cccc([N+](=O)[O-])c1.O=P(c1ccccc1)(c1ccccc1)c1ccccc1. The van der Waals surface area contributed by atoms with E-state index < -0.39 is 18.1 Å². The monoisotopic (exact) mass is 535 g/mol. The Kier molecular flexibility index (Phi) is 9.01. The topological polar surface area (TPSA) is 101 Å². The maximum atomic E-state index is 13.8. The smallest absolute Gasteiger partial charge is 0.309 e. The Bertz CT molecular complexity index is 1460. The summed E-state index contributed by atoms with van der Waals surface area (Å²) in [4.78, 5) is 21.8. The molecule has 5 rings (SSSR count). The van der Waals surface area contributed by atoms with Crippen LogP contribution in [0.1, 0.15) is 0 Å². The van der Waals surface area contributed by atoms with Gasteiger partial charge >= 0.3 is 6.03 Å². The number of nitro groups is 1. The molecule has 194 valence electrons. The zero-order valence-corrected chi connectivity index (χ0v) is 21.8. The van der Waals surface area contributed by atoms with Gasteiger partial charge in [-0.1, -0.05) is 115 Å². The molecule has 39 heavy (non-hydrogen) atoms. The second kappa shape index (κ2) is 13.0. The average Bonchev–Trinajstić information content (AvgIpc) is 2.99. The molecule has 0 fully saturated rings. The van der Waals surface area contributed by atoms with Crippen molar-refractivity contribution in [1.82, 2.24) is 0 Å². The third-order valence-corrected chi connectivity index (χ3v) is 8.78. The predicted octanol–water partition coefficient (Wildman–Crippen LogP) is 6.56. The molecule has 0 saturated heterocycles. The molecule has 8 heteroatoms. The van der Waals surface area contributed by atoms with Crippen LogP contribution >= 0.6 is 7.14 Å². The summed E-state index contributed by atoms with van der Waals surface area (Å²) in [5.41, 5.74) is 0.936. The van der Waals surface area contributed by atoms with Gasteiger partial charge in [0.25, 0.3) is 5.69 Å². The first-order valence-electron chi connectivity index (χ1n) is 12.1. The molecule has 0 aromatic heterocycles. The number of carbonyl (C=O) groups is 1. The number of hydrogen-bond acceptors (Lipinski definition) is 4. The lowest BCUT2D eigenvalue weighted by molar-refractivity contribution is -0.384. The Labute approximate surface area is 226 Å². The van der Waals surface area contributed by atoms with Crippen LogP contribution < -0.4 is 26.5 Å². The summed E-state index contributed by atoms with van der Waals surface area (Å²) < 4.78 is 13.8. The summed E-state index contributed by atoms with van der Waals surface area (Å²) >= 11 is 0. The molecule has 2 amide bonds. The quantitative estimate of drug-likeness (QED) is 0.146. The van der Waals surface area contributed by atoms with Gasteiger partial charge in [0, 0.05) is 39.4 Å². The lowest BCUT2D eigenvalue weighted by Gasteiger charge is -2.19. The van der Waals surface area contributed by atoms with Gasteiger partial charge in [-0.3, -0.25) is 10.1 Å². The standard InChI is InChI=1S/C18H15OP.C13H11N3O3/c19-20(16-10-4-1-5-11-16,17-12-6-2-7-13-17)18-14-8-3-9-15-18;17-13(14-10-5-2-1-3-6-10)15-11-7-4-8-12(9-11)16(18)19/h1-15H;1-9H,(H2,14,15,17). The highest BCUT2D eigenvalue weighted by molar-refractivity contribution is 7.85. The molecule has 0 aliphatic heterocycles. The van der Waals surface area contributed by atoms with Gasteiger partial charge in [0.15, 0.2) is 7.14 Å². The summed E-state index contributed by atoms with van der Waals surface area (Å²) in [5.74, 6) is 0. The maximum Gasteiger partial charge on any atom is 0.323 e. The predicted molar refractivity (Wildman–Crippen MR) is 158 cm³/mol. The number of nitro benzene ring substituents is 1. The van der Waals surface area contributed by atoms with Crippen molar-refractivity contribution in [1.29, 1.82) is 0 Å². The summed E-state index contributed by atoms with van der Waals surface area (Å²) in [5, 5.41) is 18.4. The van der Waals surface area contributed by atoms with Crippen LogP contribution in [0.3, 0.4) is 0 Å². The molecule has 0 aliphatic carbocycles. The number of nitrogens with zero attached hydrogens (tertiary/aromatic N) is 1. The molecular weight excluding hydrogens is 509 g/mol. The van der Waals surface area contributed by atoms with E-state index >= 15 is 0 Å². The minimum atomic E-state index is -2.78. The summed E-state index contributed by atoms with van der Waals surface area (Å²) in [6.07, 6.45) is 0. The molecule has 0 atom stereocenters. The summed E-state index contributed by atoms with van der Waals surface area (Å²) in [6, 6.07) is 43.4. The van der Waals surface area contributed by atoms with Crippen molar-refractivity contribution in [3.8, 4) is 0 Å². The Balaban J connectivity index is 0.000000181. The molecule has 0 bridgehead atoms. The Morgan fingerprint density at radius 2 is 0.949 bits per heavy atom. The van der Waals surface area contributed by atoms with Crippen LogP contribution in [-0.2, 0) is 4.57 Å². The van der Waals surface area contributed by atoms with E-state index in [0.29, 0.717) is 11.4 Å². The number of para-hydroxylation sites is 1. The van der Waals surface area contributed by atoms with Crippen LogP contribution in [0.15, 0.2) is 146 Å². The van der Waals surface area contributed by atoms with Crippen molar-refractivity contribution in [2.75, 3.05) is 10.6 Å². The van der Waals surface area contributed by atoms with Gasteiger partial charge < -0.3 is 15.2 Å². The highest BCUT2D eigenvalue weighted by Crippen LogP contribution is 2.41. The Hall–Kier alpha value is -5.00. The molecule has 5 aromatic carbocycles. The first kappa shape index (κ1) is 27.0. The first-order chi connectivity index (χ1) is 19.0. The van der Waals surface area contributed by atoms with Gasteiger partial charge in [-0.25, -0.2) is 4.79 Å². The lowest BCUT2D eigenvalue weighted by Crippen LogP contribution is -2.24. The second-order valence-electron chi connectivity index (χ2n) is 8.37. The highest BCUT2D eigenvalue weighted by Gasteiger charge is 2.28. The number of anilines is 2. The molecule has 0 spiro atoms. The minimum Gasteiger partial charge on any atom is -0.309 e. The van der Waals surface area contributed by atoms with E-state index in [1.807, 2.05) is 97.1 Å². The number of carbonyl (C=O) groups excluding carboxylic acids is 1. The average molecular weight is 536 g/mol. The zero-order valence-electron chi connectivity index (χ0n) is 20.9. The van der Waals surface area contributed by atoms with Gasteiger partial charge in [-0.15, -0.1) is 0 Å². The van der Waals surface area contributed by atoms with Crippen LogP contribution in [0.4, 0.5) is 21.9 Å². The van der Waals surface area contributed by atoms with Crippen LogP contribution in [0.5, 0.6) is 0 Å². The number of hydrogen-bond donors (Lipinski definition) is 2. The number of rotatable bonds is 6. The van der Waals surface area contributed by atoms with Crippen LogP contribution in [0, 0.1) is 10.1 Å². The molecule has 7 nitrogen and oxygen atoms in total. The van der Waals surface area contributed by atoms with Crippen molar-refractivity contribution < 1.29 is 14.3 Å². The van der Waals surface area contributed by atoms with E-state index in [1.54, 1.807) is 30.3 Å². The van der Waals surface area contributed by atoms with Crippen molar-refractivity contribution >= 4 is 46.1 Å². The largest absolute Gasteiger partial charge is 0.323 e. The van der Waals surface area contributed by atoms with E-state index in [4.69, 9.17) is 0 Å². The van der Waals surface area contributed by atoms with Crippen molar-refractivity contribution in [2.24, 2.45) is 0 Å². The normalized spacial score (nSPS) is 10.5. The fraction of sp³-hybridized carbons (Fsp3) is 0. The number of amides is 2. The van der Waals surface area contributed by atoms with E-state index in [2.05, 4.69) is 10.6 Å². The van der Waals surface area contributed by atoms with Gasteiger partial charge in [0.1, 0.15) is 0 Å². The number of urea groups is 1. The van der Waals surface area contributed by atoms with Gasteiger partial charge in [-0.05, 0) is 18.2 Å². The van der Waals surface area contributed by atoms with E-state index in [0.717, 1.165) is 15.9 Å². The fourth-order valence-corrected chi connectivity index (χ4v) is 6.54. The summed E-state index contributed by atoms with van der Waals surface area (Å²) in [6.45, 7) is 0. The van der Waals surface area contributed by atoms with Crippen LogP contribution in [0.2, 0.25) is 0 Å². The van der Waals surface area contributed by atoms with Crippen molar-refractivity contribution in [3.63, 3.8) is 0 Å². The van der Waals surface area contributed by atoms with Crippen LogP contribution in [0.25, 0.3) is 0 Å². The van der Waals surface area contributed by atoms with Crippen molar-refractivity contribution in [2.45, 2.75) is 0 Å². The van der Waals surface area contributed by atoms with E-state index in [1.165, 1.54) is 18.2 Å². The number of nitrogens with one attached hydrogen (secondary N) is 2. The molecule has 5 aromatic rings. The van der Waals surface area contributed by atoms with E-state index in [9.17, 15) is 19.5 Å². The molecule has 0 aliphatic rings. The Morgan fingerprint density at radius 1 is 0.564 bits per heavy atom. The second-order valence-corrected chi connectivity index (χ2v) is 11.1. The van der Waals surface area contributed by atoms with Crippen LogP contribution in [-0.4, -0.2) is 11.0 Å².